The van der Waals surface area contributed by atoms with Gasteiger partial charge in [-0.3, -0.25) is 9.63 Å². The van der Waals surface area contributed by atoms with Crippen molar-refractivity contribution in [1.29, 1.82) is 0 Å². The number of hydroxylamine groups is 3. The first-order chi connectivity index (χ1) is 11.3. The largest absolute Gasteiger partial charge is 1.00 e. The highest BCUT2D eigenvalue weighted by Crippen LogP contribution is 2.15. The first kappa shape index (κ1) is 21.0. The van der Waals surface area contributed by atoms with Crippen molar-refractivity contribution < 1.29 is 41.2 Å². The minimum Gasteiger partial charge on any atom is -1.00 e. The Morgan fingerprint density at radius 3 is 2.04 bits per heavy atom. The standard InChI is InChI=1S/C19H22NO4.BrH/c1-14(21)19(23)24-20(2,3)13-15-9-11-17(12-10-15)18(22)16-7-5-4-6-8-16;/h4-12,14,21H,13H2,1-3H3;1H/q+1;/p-1. The van der Waals surface area contributed by atoms with Gasteiger partial charge in [0.05, 0.1) is 0 Å². The number of ketones is 1. The molecule has 2 aromatic carbocycles. The fraction of sp³-hybridized carbons (Fsp3) is 0.263. The fourth-order valence-electron chi connectivity index (χ4n) is 2.31. The Bertz CT molecular complexity index is 712. The molecule has 0 radical (unpaired) electrons. The third kappa shape index (κ3) is 6.08. The molecule has 0 saturated heterocycles. The Balaban J connectivity index is 0.00000312. The molecular weight excluding hydrogens is 386 g/mol. The van der Waals surface area contributed by atoms with Gasteiger partial charge in [-0.15, -0.1) is 4.65 Å². The number of nitrogens with zero attached hydrogens (tertiary/aromatic N) is 1. The quantitative estimate of drug-likeness (QED) is 0.392. The van der Waals surface area contributed by atoms with Crippen LogP contribution >= 0.6 is 0 Å². The molecule has 134 valence electrons. The van der Waals surface area contributed by atoms with E-state index in [0.717, 1.165) is 5.56 Å². The number of carbonyl (C=O) groups excluding carboxylic acids is 2. The lowest BCUT2D eigenvalue weighted by Crippen LogP contribution is -3.00. The lowest BCUT2D eigenvalue weighted by molar-refractivity contribution is -1.07. The highest BCUT2D eigenvalue weighted by molar-refractivity contribution is 6.08. The van der Waals surface area contributed by atoms with Crippen molar-refractivity contribution >= 4 is 11.8 Å². The van der Waals surface area contributed by atoms with Crippen molar-refractivity contribution in [2.75, 3.05) is 14.1 Å². The number of carbonyl (C=O) groups is 2. The molecule has 0 heterocycles. The number of hydrogen-bond donors (Lipinski definition) is 1. The molecule has 0 aliphatic rings. The molecule has 2 aromatic rings. The summed E-state index contributed by atoms with van der Waals surface area (Å²) in [5.41, 5.74) is 2.17. The number of benzene rings is 2. The van der Waals surface area contributed by atoms with Crippen molar-refractivity contribution in [1.82, 2.24) is 0 Å². The van der Waals surface area contributed by atoms with E-state index in [9.17, 15) is 14.7 Å². The van der Waals surface area contributed by atoms with Crippen LogP contribution in [0.4, 0.5) is 0 Å². The number of halogens is 1. The average molecular weight is 408 g/mol. The second-order valence-electron chi connectivity index (χ2n) is 6.21. The number of aliphatic hydroxyl groups is 1. The van der Waals surface area contributed by atoms with Crippen LogP contribution in [0.2, 0.25) is 0 Å². The predicted molar refractivity (Wildman–Crippen MR) is 89.9 cm³/mol. The number of aliphatic hydroxyl groups excluding tert-OH is 1. The van der Waals surface area contributed by atoms with Crippen LogP contribution < -0.4 is 17.0 Å². The van der Waals surface area contributed by atoms with E-state index in [-0.39, 0.29) is 27.4 Å². The smallest absolute Gasteiger partial charge is 0.394 e. The molecule has 0 aromatic heterocycles. The summed E-state index contributed by atoms with van der Waals surface area (Å²) in [4.78, 5) is 29.1. The third-order valence-corrected chi connectivity index (χ3v) is 3.49. The summed E-state index contributed by atoms with van der Waals surface area (Å²) in [6.07, 6.45) is -1.16. The summed E-state index contributed by atoms with van der Waals surface area (Å²) in [6.45, 7) is 1.80. The van der Waals surface area contributed by atoms with Crippen molar-refractivity contribution in [2.24, 2.45) is 0 Å². The number of rotatable bonds is 6. The van der Waals surface area contributed by atoms with Crippen LogP contribution in [-0.2, 0) is 16.2 Å². The fourth-order valence-corrected chi connectivity index (χ4v) is 2.31. The van der Waals surface area contributed by atoms with E-state index in [2.05, 4.69) is 0 Å². The van der Waals surface area contributed by atoms with E-state index >= 15 is 0 Å². The van der Waals surface area contributed by atoms with E-state index in [1.165, 1.54) is 6.92 Å². The first-order valence-electron chi connectivity index (χ1n) is 7.72. The third-order valence-electron chi connectivity index (χ3n) is 3.49. The zero-order valence-electron chi connectivity index (χ0n) is 14.5. The van der Waals surface area contributed by atoms with Gasteiger partial charge in [-0.2, -0.15) is 0 Å². The van der Waals surface area contributed by atoms with E-state index in [1.807, 2.05) is 30.3 Å². The van der Waals surface area contributed by atoms with E-state index in [0.29, 0.717) is 17.7 Å². The molecule has 0 fully saturated rings. The maximum absolute atomic E-state index is 12.4. The van der Waals surface area contributed by atoms with Crippen LogP contribution in [0.15, 0.2) is 54.6 Å². The van der Waals surface area contributed by atoms with Gasteiger partial charge in [0.2, 0.25) is 0 Å². The molecule has 0 spiro atoms. The zero-order valence-corrected chi connectivity index (χ0v) is 16.1. The van der Waals surface area contributed by atoms with Gasteiger partial charge < -0.3 is 22.1 Å². The molecule has 25 heavy (non-hydrogen) atoms. The maximum Gasteiger partial charge on any atom is 0.394 e. The molecular formula is C19H22BrNO4. The van der Waals surface area contributed by atoms with E-state index < -0.39 is 12.1 Å². The van der Waals surface area contributed by atoms with Gasteiger partial charge in [-0.25, -0.2) is 4.79 Å². The molecule has 1 unspecified atom stereocenters. The van der Waals surface area contributed by atoms with Gasteiger partial charge in [0.25, 0.3) is 0 Å². The van der Waals surface area contributed by atoms with E-state index in [1.54, 1.807) is 38.4 Å². The molecule has 1 atom stereocenters. The van der Waals surface area contributed by atoms with Gasteiger partial charge in [-0.1, -0.05) is 54.6 Å². The maximum atomic E-state index is 12.4. The Labute approximate surface area is 158 Å². The predicted octanol–water partition coefficient (Wildman–Crippen LogP) is -0.663. The van der Waals surface area contributed by atoms with Crippen LogP contribution in [-0.4, -0.2) is 41.7 Å². The van der Waals surface area contributed by atoms with Crippen molar-refractivity contribution in [3.63, 3.8) is 0 Å². The van der Waals surface area contributed by atoms with Gasteiger partial charge in [0.1, 0.15) is 20.6 Å². The lowest BCUT2D eigenvalue weighted by atomic mass is 10.0. The van der Waals surface area contributed by atoms with Gasteiger partial charge >= 0.3 is 5.97 Å². The van der Waals surface area contributed by atoms with Crippen LogP contribution in [0.1, 0.15) is 28.4 Å². The Morgan fingerprint density at radius 1 is 1.00 bits per heavy atom. The molecule has 6 heteroatoms. The minimum absolute atomic E-state index is 0. The van der Waals surface area contributed by atoms with E-state index in [4.69, 9.17) is 4.84 Å². The summed E-state index contributed by atoms with van der Waals surface area (Å²) >= 11 is 0. The molecule has 0 amide bonds. The summed E-state index contributed by atoms with van der Waals surface area (Å²) in [6, 6.07) is 16.3. The molecule has 0 bridgehead atoms. The van der Waals surface area contributed by atoms with Crippen molar-refractivity contribution in [3.8, 4) is 0 Å². The summed E-state index contributed by atoms with van der Waals surface area (Å²) in [7, 11) is 3.45. The van der Waals surface area contributed by atoms with Crippen LogP contribution in [0, 0.1) is 0 Å². The topological polar surface area (TPSA) is 63.6 Å². The second-order valence-corrected chi connectivity index (χ2v) is 6.21. The first-order valence-corrected chi connectivity index (χ1v) is 7.72. The van der Waals surface area contributed by atoms with Crippen molar-refractivity contribution in [2.45, 2.75) is 19.6 Å². The summed E-state index contributed by atoms with van der Waals surface area (Å²) in [5, 5.41) is 9.23. The SMILES string of the molecule is CC(O)C(=O)O[N+](C)(C)Cc1ccc(C(=O)c2ccccc2)cc1.[Br-]. The van der Waals surface area contributed by atoms with Gasteiger partial charge in [-0.05, 0) is 6.92 Å². The Kier molecular flexibility index (Phi) is 7.48. The molecule has 5 nitrogen and oxygen atoms in total. The molecule has 0 aliphatic carbocycles. The van der Waals surface area contributed by atoms with Gasteiger partial charge in [0, 0.05) is 16.7 Å². The monoisotopic (exact) mass is 407 g/mol. The zero-order chi connectivity index (χ0) is 17.7. The van der Waals surface area contributed by atoms with Crippen LogP contribution in [0.5, 0.6) is 0 Å². The highest BCUT2D eigenvalue weighted by Gasteiger charge is 2.25. The van der Waals surface area contributed by atoms with Gasteiger partial charge in [0.15, 0.2) is 11.9 Å². The van der Waals surface area contributed by atoms with Crippen molar-refractivity contribution in [3.05, 3.63) is 71.3 Å². The molecule has 0 aliphatic heterocycles. The molecule has 1 N–H and O–H groups in total. The highest BCUT2D eigenvalue weighted by atomic mass is 79.9. The second kappa shape index (κ2) is 8.89. The minimum atomic E-state index is -1.16. The summed E-state index contributed by atoms with van der Waals surface area (Å²) in [5.74, 6) is -0.702. The number of quaternary nitrogens is 1. The average Bonchev–Trinajstić information content (AvgIpc) is 2.54. The Hall–Kier alpha value is -2.02. The Morgan fingerprint density at radius 2 is 1.52 bits per heavy atom. The number of hydrogen-bond acceptors (Lipinski definition) is 4. The van der Waals surface area contributed by atoms with Crippen LogP contribution in [0.3, 0.4) is 0 Å². The molecule has 2 rings (SSSR count). The normalized spacial score (nSPS) is 12.0. The summed E-state index contributed by atoms with van der Waals surface area (Å²) < 4.78 is -0.0459. The molecule has 0 saturated carbocycles. The van der Waals surface area contributed by atoms with Crippen LogP contribution in [0.25, 0.3) is 0 Å². The lowest BCUT2D eigenvalue weighted by Gasteiger charge is -2.26.